The number of nitrogens with zero attached hydrogens (tertiary/aromatic N) is 1. The largest absolute Gasteiger partial charge is 0.488 e. The molecule has 3 rings (SSSR count). The first-order valence-electron chi connectivity index (χ1n) is 6.57. The van der Waals surface area contributed by atoms with E-state index in [9.17, 15) is 0 Å². The fourth-order valence-electron chi connectivity index (χ4n) is 2.19. The molecule has 0 spiro atoms. The van der Waals surface area contributed by atoms with E-state index in [1.807, 2.05) is 19.2 Å². The number of guanidine groups is 1. The maximum Gasteiger partial charge on any atom is 0.191 e. The van der Waals surface area contributed by atoms with Crippen LogP contribution >= 0.6 is 0 Å². The van der Waals surface area contributed by atoms with E-state index in [-0.39, 0.29) is 6.10 Å². The Balaban J connectivity index is 1.50. The minimum atomic E-state index is 0.208. The fourth-order valence-corrected chi connectivity index (χ4v) is 2.19. The minimum Gasteiger partial charge on any atom is -0.488 e. The molecule has 1 unspecified atom stereocenters. The summed E-state index contributed by atoms with van der Waals surface area (Å²) in [4.78, 5) is 4.22. The van der Waals surface area contributed by atoms with Gasteiger partial charge in [0.15, 0.2) is 5.96 Å². The van der Waals surface area contributed by atoms with Gasteiger partial charge in [0.2, 0.25) is 0 Å². The summed E-state index contributed by atoms with van der Waals surface area (Å²) < 4.78 is 5.88. The lowest BCUT2D eigenvalue weighted by atomic mass is 10.1. The van der Waals surface area contributed by atoms with Crippen molar-refractivity contribution in [2.75, 3.05) is 13.6 Å². The first kappa shape index (κ1) is 11.4. The number of benzene rings is 1. The third-order valence-corrected chi connectivity index (χ3v) is 3.35. The molecule has 4 nitrogen and oxygen atoms in total. The Labute approximate surface area is 107 Å². The van der Waals surface area contributed by atoms with E-state index in [2.05, 4.69) is 27.8 Å². The van der Waals surface area contributed by atoms with Gasteiger partial charge in [0.1, 0.15) is 11.9 Å². The predicted molar refractivity (Wildman–Crippen MR) is 72.1 cm³/mol. The third kappa shape index (κ3) is 2.58. The van der Waals surface area contributed by atoms with Gasteiger partial charge in [-0.05, 0) is 24.5 Å². The molecular weight excluding hydrogens is 226 g/mol. The summed E-state index contributed by atoms with van der Waals surface area (Å²) in [5, 5.41) is 6.70. The Kier molecular flexibility index (Phi) is 3.09. The molecule has 2 aliphatic rings. The SMILES string of the molecule is CN=C(NCC1Cc2ccccc2O1)NC1CC1. The quantitative estimate of drug-likeness (QED) is 0.623. The average Bonchev–Trinajstić information content (AvgIpc) is 3.11. The van der Waals surface area contributed by atoms with Gasteiger partial charge in [-0.2, -0.15) is 0 Å². The van der Waals surface area contributed by atoms with Crippen molar-refractivity contribution in [1.82, 2.24) is 10.6 Å². The Bertz CT molecular complexity index is 429. The first-order chi connectivity index (χ1) is 8.85. The van der Waals surface area contributed by atoms with Crippen LogP contribution in [0.15, 0.2) is 29.3 Å². The van der Waals surface area contributed by atoms with E-state index >= 15 is 0 Å². The van der Waals surface area contributed by atoms with E-state index in [1.165, 1.54) is 18.4 Å². The van der Waals surface area contributed by atoms with Gasteiger partial charge in [-0.3, -0.25) is 4.99 Å². The molecular formula is C14H19N3O. The smallest absolute Gasteiger partial charge is 0.191 e. The van der Waals surface area contributed by atoms with Crippen LogP contribution in [0.4, 0.5) is 0 Å². The third-order valence-electron chi connectivity index (χ3n) is 3.35. The number of rotatable bonds is 3. The maximum atomic E-state index is 5.88. The summed E-state index contributed by atoms with van der Waals surface area (Å²) in [7, 11) is 1.81. The lowest BCUT2D eigenvalue weighted by Crippen LogP contribution is -2.43. The van der Waals surface area contributed by atoms with E-state index in [0.717, 1.165) is 24.7 Å². The van der Waals surface area contributed by atoms with Crippen molar-refractivity contribution in [3.63, 3.8) is 0 Å². The van der Waals surface area contributed by atoms with Crippen molar-refractivity contribution < 1.29 is 4.74 Å². The summed E-state index contributed by atoms with van der Waals surface area (Å²) in [5.41, 5.74) is 1.30. The Hall–Kier alpha value is -1.71. The van der Waals surface area contributed by atoms with E-state index in [1.54, 1.807) is 0 Å². The van der Waals surface area contributed by atoms with E-state index in [4.69, 9.17) is 4.74 Å². The molecule has 2 N–H and O–H groups in total. The Morgan fingerprint density at radius 3 is 2.94 bits per heavy atom. The van der Waals surface area contributed by atoms with Gasteiger partial charge in [0.05, 0.1) is 6.54 Å². The highest BCUT2D eigenvalue weighted by Gasteiger charge is 2.24. The van der Waals surface area contributed by atoms with Crippen LogP contribution in [0.1, 0.15) is 18.4 Å². The maximum absolute atomic E-state index is 5.88. The Morgan fingerprint density at radius 2 is 2.22 bits per heavy atom. The molecule has 0 radical (unpaired) electrons. The van der Waals surface area contributed by atoms with Crippen LogP contribution < -0.4 is 15.4 Å². The molecule has 18 heavy (non-hydrogen) atoms. The zero-order valence-electron chi connectivity index (χ0n) is 10.6. The summed E-state index contributed by atoms with van der Waals surface area (Å²) in [6, 6.07) is 8.87. The fraction of sp³-hybridized carbons (Fsp3) is 0.500. The zero-order chi connectivity index (χ0) is 12.4. The van der Waals surface area contributed by atoms with Gasteiger partial charge >= 0.3 is 0 Å². The second kappa shape index (κ2) is 4.88. The monoisotopic (exact) mass is 245 g/mol. The van der Waals surface area contributed by atoms with Crippen LogP contribution in [0, 0.1) is 0 Å². The van der Waals surface area contributed by atoms with Crippen LogP contribution in [0.5, 0.6) is 5.75 Å². The van der Waals surface area contributed by atoms with Gasteiger partial charge in [0.25, 0.3) is 0 Å². The molecule has 1 aromatic rings. The molecule has 1 heterocycles. The van der Waals surface area contributed by atoms with Gasteiger partial charge in [-0.1, -0.05) is 18.2 Å². The van der Waals surface area contributed by atoms with Crippen LogP contribution in [-0.4, -0.2) is 31.7 Å². The molecule has 0 saturated heterocycles. The normalized spacial score (nSPS) is 22.3. The lowest BCUT2D eigenvalue weighted by Gasteiger charge is -2.15. The van der Waals surface area contributed by atoms with Crippen LogP contribution in [-0.2, 0) is 6.42 Å². The average molecular weight is 245 g/mol. The van der Waals surface area contributed by atoms with E-state index in [0.29, 0.717) is 6.04 Å². The standard InChI is InChI=1S/C14H19N3O/c1-15-14(17-11-6-7-11)16-9-12-8-10-4-2-3-5-13(10)18-12/h2-5,11-12H,6-9H2,1H3,(H2,15,16,17). The highest BCUT2D eigenvalue weighted by molar-refractivity contribution is 5.80. The molecule has 96 valence electrons. The molecule has 1 saturated carbocycles. The van der Waals surface area contributed by atoms with Crippen molar-refractivity contribution in [1.29, 1.82) is 0 Å². The van der Waals surface area contributed by atoms with Crippen molar-refractivity contribution in [2.24, 2.45) is 4.99 Å². The van der Waals surface area contributed by atoms with Crippen LogP contribution in [0.25, 0.3) is 0 Å². The molecule has 0 aromatic heterocycles. The predicted octanol–water partition coefficient (Wildman–Crippen LogP) is 1.32. The number of para-hydroxylation sites is 1. The topological polar surface area (TPSA) is 45.7 Å². The van der Waals surface area contributed by atoms with Crippen LogP contribution in [0.3, 0.4) is 0 Å². The number of aliphatic imine (C=N–C) groups is 1. The second-order valence-electron chi connectivity index (χ2n) is 4.92. The summed E-state index contributed by atoms with van der Waals surface area (Å²) in [6.45, 7) is 0.793. The molecule has 1 fully saturated rings. The van der Waals surface area contributed by atoms with Crippen molar-refractivity contribution in [2.45, 2.75) is 31.4 Å². The second-order valence-corrected chi connectivity index (χ2v) is 4.92. The summed E-state index contributed by atoms with van der Waals surface area (Å²) in [6.07, 6.45) is 3.70. The van der Waals surface area contributed by atoms with Gasteiger partial charge in [-0.25, -0.2) is 0 Å². The Morgan fingerprint density at radius 1 is 1.39 bits per heavy atom. The van der Waals surface area contributed by atoms with Gasteiger partial charge < -0.3 is 15.4 Å². The van der Waals surface area contributed by atoms with Gasteiger partial charge in [-0.15, -0.1) is 0 Å². The number of hydrogen-bond acceptors (Lipinski definition) is 2. The molecule has 0 amide bonds. The zero-order valence-corrected chi connectivity index (χ0v) is 10.6. The van der Waals surface area contributed by atoms with Crippen molar-refractivity contribution in [3.05, 3.63) is 29.8 Å². The number of hydrogen-bond donors (Lipinski definition) is 2. The molecule has 0 bridgehead atoms. The summed E-state index contributed by atoms with van der Waals surface area (Å²) >= 11 is 0. The van der Waals surface area contributed by atoms with Crippen molar-refractivity contribution >= 4 is 5.96 Å². The van der Waals surface area contributed by atoms with Crippen molar-refractivity contribution in [3.8, 4) is 5.75 Å². The van der Waals surface area contributed by atoms with E-state index < -0.39 is 0 Å². The van der Waals surface area contributed by atoms with Crippen LogP contribution in [0.2, 0.25) is 0 Å². The number of nitrogens with one attached hydrogen (secondary N) is 2. The molecule has 1 aliphatic carbocycles. The first-order valence-corrected chi connectivity index (χ1v) is 6.57. The lowest BCUT2D eigenvalue weighted by molar-refractivity contribution is 0.235. The molecule has 4 heteroatoms. The summed E-state index contributed by atoms with van der Waals surface area (Å²) in [5.74, 6) is 1.91. The number of fused-ring (bicyclic) bond motifs is 1. The highest BCUT2D eigenvalue weighted by atomic mass is 16.5. The molecule has 1 aromatic carbocycles. The number of ether oxygens (including phenoxy) is 1. The highest BCUT2D eigenvalue weighted by Crippen LogP contribution is 2.27. The molecule has 1 aliphatic heterocycles. The molecule has 1 atom stereocenters. The minimum absolute atomic E-state index is 0.208. The van der Waals surface area contributed by atoms with Gasteiger partial charge in [0, 0.05) is 19.5 Å².